The van der Waals surface area contributed by atoms with Crippen LogP contribution in [0, 0.1) is 0 Å². The lowest BCUT2D eigenvalue weighted by Gasteiger charge is -2.10. The summed E-state index contributed by atoms with van der Waals surface area (Å²) in [6.07, 6.45) is 2.22. The van der Waals surface area contributed by atoms with Gasteiger partial charge in [0.05, 0.1) is 14.2 Å². The van der Waals surface area contributed by atoms with Gasteiger partial charge in [-0.3, -0.25) is 4.79 Å². The van der Waals surface area contributed by atoms with Gasteiger partial charge in [-0.15, -0.1) is 0 Å². The van der Waals surface area contributed by atoms with Crippen LogP contribution < -0.4 is 14.2 Å². The zero-order valence-electron chi connectivity index (χ0n) is 10.5. The van der Waals surface area contributed by atoms with Gasteiger partial charge in [0.25, 0.3) is 0 Å². The quantitative estimate of drug-likeness (QED) is 0.564. The van der Waals surface area contributed by atoms with Crippen molar-refractivity contribution in [2.24, 2.45) is 0 Å². The Labute approximate surface area is 101 Å². The maximum Gasteiger partial charge on any atom is 0.311 e. The Kier molecular flexibility index (Phi) is 5.33. The minimum atomic E-state index is -0.240. The first-order valence-corrected chi connectivity index (χ1v) is 5.64. The topological polar surface area (TPSA) is 44.8 Å². The summed E-state index contributed by atoms with van der Waals surface area (Å²) >= 11 is 0. The Hall–Kier alpha value is -1.71. The van der Waals surface area contributed by atoms with Crippen LogP contribution in [0.4, 0.5) is 0 Å². The van der Waals surface area contributed by atoms with E-state index >= 15 is 0 Å². The van der Waals surface area contributed by atoms with Gasteiger partial charge in [0.2, 0.25) is 0 Å². The fraction of sp³-hybridized carbons (Fsp3) is 0.462. The van der Waals surface area contributed by atoms with E-state index in [-0.39, 0.29) is 5.97 Å². The first kappa shape index (κ1) is 13.4. The van der Waals surface area contributed by atoms with E-state index in [9.17, 15) is 4.79 Å². The highest BCUT2D eigenvalue weighted by Crippen LogP contribution is 2.31. The van der Waals surface area contributed by atoms with Crippen LogP contribution in [-0.4, -0.2) is 20.2 Å². The number of hydrogen-bond acceptors (Lipinski definition) is 4. The van der Waals surface area contributed by atoms with Crippen molar-refractivity contribution >= 4 is 5.97 Å². The predicted octanol–water partition coefficient (Wildman–Crippen LogP) is 2.80. The van der Waals surface area contributed by atoms with Gasteiger partial charge in [0, 0.05) is 12.5 Å². The third-order valence-electron chi connectivity index (χ3n) is 2.33. The number of unbranched alkanes of at least 4 members (excludes halogenated alkanes) is 1. The molecule has 1 aromatic carbocycles. The van der Waals surface area contributed by atoms with Crippen molar-refractivity contribution in [3.05, 3.63) is 18.2 Å². The lowest BCUT2D eigenvalue weighted by molar-refractivity contribution is -0.134. The molecule has 4 nitrogen and oxygen atoms in total. The standard InChI is InChI=1S/C13H18O4/c1-4-5-6-13(14)17-11-8-7-10(15-2)9-12(11)16-3/h7-9H,4-6H2,1-3H3. The third kappa shape index (κ3) is 3.98. The molecule has 0 amide bonds. The molecular formula is C13H18O4. The molecule has 0 spiro atoms. The first-order valence-electron chi connectivity index (χ1n) is 5.64. The molecule has 0 radical (unpaired) electrons. The number of hydrogen-bond donors (Lipinski definition) is 0. The molecule has 0 aliphatic carbocycles. The lowest BCUT2D eigenvalue weighted by atomic mass is 10.2. The summed E-state index contributed by atoms with van der Waals surface area (Å²) in [6.45, 7) is 2.03. The van der Waals surface area contributed by atoms with Gasteiger partial charge in [-0.05, 0) is 18.6 Å². The minimum absolute atomic E-state index is 0.240. The highest BCUT2D eigenvalue weighted by atomic mass is 16.6. The molecule has 94 valence electrons. The molecule has 0 N–H and O–H groups in total. The SMILES string of the molecule is CCCCC(=O)Oc1ccc(OC)cc1OC. The van der Waals surface area contributed by atoms with Gasteiger partial charge in [0.1, 0.15) is 5.75 Å². The summed E-state index contributed by atoms with van der Waals surface area (Å²) < 4.78 is 15.4. The number of ether oxygens (including phenoxy) is 3. The minimum Gasteiger partial charge on any atom is -0.497 e. The van der Waals surface area contributed by atoms with Gasteiger partial charge < -0.3 is 14.2 Å². The number of carbonyl (C=O) groups is 1. The number of esters is 1. The molecule has 0 aliphatic heterocycles. The Morgan fingerprint density at radius 2 is 1.94 bits per heavy atom. The number of rotatable bonds is 6. The molecule has 0 aromatic heterocycles. The molecule has 0 bridgehead atoms. The van der Waals surface area contributed by atoms with Gasteiger partial charge in [0.15, 0.2) is 11.5 Å². The molecule has 0 aliphatic rings. The van der Waals surface area contributed by atoms with Crippen molar-refractivity contribution in [2.45, 2.75) is 26.2 Å². The molecule has 0 unspecified atom stereocenters. The van der Waals surface area contributed by atoms with Crippen molar-refractivity contribution in [1.82, 2.24) is 0 Å². The monoisotopic (exact) mass is 238 g/mol. The Morgan fingerprint density at radius 3 is 2.53 bits per heavy atom. The fourth-order valence-electron chi connectivity index (χ4n) is 1.35. The van der Waals surface area contributed by atoms with Gasteiger partial charge in [-0.2, -0.15) is 0 Å². The second-order valence-electron chi connectivity index (χ2n) is 3.59. The van der Waals surface area contributed by atoms with Crippen LogP contribution in [0.5, 0.6) is 17.2 Å². The van der Waals surface area contributed by atoms with Crippen LogP contribution in [-0.2, 0) is 4.79 Å². The van der Waals surface area contributed by atoms with E-state index in [1.54, 1.807) is 25.3 Å². The van der Waals surface area contributed by atoms with Gasteiger partial charge >= 0.3 is 5.97 Å². The number of methoxy groups -OCH3 is 2. The molecule has 1 rings (SSSR count). The first-order chi connectivity index (χ1) is 8.21. The maximum atomic E-state index is 11.5. The molecule has 17 heavy (non-hydrogen) atoms. The van der Waals surface area contributed by atoms with Crippen LogP contribution in [0.1, 0.15) is 26.2 Å². The van der Waals surface area contributed by atoms with E-state index in [0.717, 1.165) is 12.8 Å². The van der Waals surface area contributed by atoms with E-state index in [0.29, 0.717) is 23.7 Å². The van der Waals surface area contributed by atoms with E-state index in [4.69, 9.17) is 14.2 Å². The summed E-state index contributed by atoms with van der Waals surface area (Å²) in [5, 5.41) is 0. The highest BCUT2D eigenvalue weighted by Gasteiger charge is 2.10. The largest absolute Gasteiger partial charge is 0.497 e. The summed E-state index contributed by atoms with van der Waals surface area (Å²) in [4.78, 5) is 11.5. The number of benzene rings is 1. The van der Waals surface area contributed by atoms with Crippen molar-refractivity contribution in [1.29, 1.82) is 0 Å². The third-order valence-corrected chi connectivity index (χ3v) is 2.33. The second kappa shape index (κ2) is 6.78. The van der Waals surface area contributed by atoms with Crippen molar-refractivity contribution in [2.75, 3.05) is 14.2 Å². The molecule has 0 atom stereocenters. The van der Waals surface area contributed by atoms with Gasteiger partial charge in [-0.25, -0.2) is 0 Å². The number of carbonyl (C=O) groups excluding carboxylic acids is 1. The summed E-state index contributed by atoms with van der Waals surface area (Å²) in [7, 11) is 3.10. The molecule has 0 saturated carbocycles. The predicted molar refractivity (Wildman–Crippen MR) is 64.7 cm³/mol. The van der Waals surface area contributed by atoms with Crippen LogP contribution >= 0.6 is 0 Å². The lowest BCUT2D eigenvalue weighted by Crippen LogP contribution is -2.08. The molecule has 1 aromatic rings. The summed E-state index contributed by atoms with van der Waals surface area (Å²) in [6, 6.07) is 5.08. The van der Waals surface area contributed by atoms with E-state index in [1.807, 2.05) is 6.92 Å². The van der Waals surface area contributed by atoms with Crippen LogP contribution in [0.2, 0.25) is 0 Å². The van der Waals surface area contributed by atoms with Crippen molar-refractivity contribution < 1.29 is 19.0 Å². The maximum absolute atomic E-state index is 11.5. The molecular weight excluding hydrogens is 220 g/mol. The molecule has 4 heteroatoms. The smallest absolute Gasteiger partial charge is 0.311 e. The molecule has 0 heterocycles. The van der Waals surface area contributed by atoms with E-state index in [1.165, 1.54) is 7.11 Å². The Morgan fingerprint density at radius 1 is 1.18 bits per heavy atom. The molecule has 0 saturated heterocycles. The fourth-order valence-corrected chi connectivity index (χ4v) is 1.35. The van der Waals surface area contributed by atoms with E-state index < -0.39 is 0 Å². The van der Waals surface area contributed by atoms with Crippen LogP contribution in [0.15, 0.2) is 18.2 Å². The van der Waals surface area contributed by atoms with E-state index in [2.05, 4.69) is 0 Å². The van der Waals surface area contributed by atoms with Crippen molar-refractivity contribution in [3.63, 3.8) is 0 Å². The normalized spacial score (nSPS) is 9.82. The average Bonchev–Trinajstić information content (AvgIpc) is 2.36. The zero-order chi connectivity index (χ0) is 12.7. The Balaban J connectivity index is 2.73. The van der Waals surface area contributed by atoms with Crippen LogP contribution in [0.25, 0.3) is 0 Å². The van der Waals surface area contributed by atoms with Crippen molar-refractivity contribution in [3.8, 4) is 17.2 Å². The zero-order valence-corrected chi connectivity index (χ0v) is 10.5. The highest BCUT2D eigenvalue weighted by molar-refractivity contribution is 5.73. The summed E-state index contributed by atoms with van der Waals surface area (Å²) in [5.41, 5.74) is 0. The summed E-state index contributed by atoms with van der Waals surface area (Å²) in [5.74, 6) is 1.34. The average molecular weight is 238 g/mol. The van der Waals surface area contributed by atoms with Gasteiger partial charge in [-0.1, -0.05) is 13.3 Å². The Bertz CT molecular complexity index is 374. The second-order valence-corrected chi connectivity index (χ2v) is 3.59. The van der Waals surface area contributed by atoms with Crippen LogP contribution in [0.3, 0.4) is 0 Å². The molecule has 0 fully saturated rings.